The molecule has 32 heavy (non-hydrogen) atoms. The SMILES string of the molecule is C=CC(=O)NC1CCCC(Nc2ncnc(N)c2-c2ccc(Oc3ccccc3)cc2)C1. The van der Waals surface area contributed by atoms with E-state index in [-0.39, 0.29) is 18.0 Å². The number of ether oxygens (including phenoxy) is 1. The normalized spacial score (nSPS) is 17.9. The Morgan fingerprint density at radius 2 is 1.75 bits per heavy atom. The fourth-order valence-corrected chi connectivity index (χ4v) is 4.01. The molecule has 4 N–H and O–H groups in total. The summed E-state index contributed by atoms with van der Waals surface area (Å²) in [6.07, 6.45) is 6.56. The van der Waals surface area contributed by atoms with Crippen molar-refractivity contribution in [2.75, 3.05) is 11.1 Å². The second-order valence-electron chi connectivity index (χ2n) is 7.84. The van der Waals surface area contributed by atoms with Crippen LogP contribution in [0.4, 0.5) is 11.6 Å². The van der Waals surface area contributed by atoms with E-state index >= 15 is 0 Å². The van der Waals surface area contributed by atoms with Gasteiger partial charge in [-0.25, -0.2) is 9.97 Å². The molecular weight excluding hydrogens is 402 g/mol. The Morgan fingerprint density at radius 3 is 2.50 bits per heavy atom. The zero-order valence-corrected chi connectivity index (χ0v) is 17.8. The number of carbonyl (C=O) groups excluding carboxylic acids is 1. The number of nitrogens with zero attached hydrogens (tertiary/aromatic N) is 2. The highest BCUT2D eigenvalue weighted by atomic mass is 16.5. The summed E-state index contributed by atoms with van der Waals surface area (Å²) >= 11 is 0. The molecule has 4 rings (SSSR count). The molecule has 0 saturated heterocycles. The first-order chi connectivity index (χ1) is 15.6. The number of anilines is 2. The number of aromatic nitrogens is 2. The Kier molecular flexibility index (Phi) is 6.65. The van der Waals surface area contributed by atoms with Crippen LogP contribution in [-0.2, 0) is 4.79 Å². The van der Waals surface area contributed by atoms with Crippen LogP contribution in [0.3, 0.4) is 0 Å². The predicted octanol–water partition coefficient (Wildman–Crippen LogP) is 4.54. The zero-order valence-electron chi connectivity index (χ0n) is 17.8. The number of rotatable bonds is 7. The molecule has 1 fully saturated rings. The second kappa shape index (κ2) is 9.96. The minimum atomic E-state index is -0.138. The molecule has 1 aliphatic rings. The van der Waals surface area contributed by atoms with Gasteiger partial charge >= 0.3 is 0 Å². The van der Waals surface area contributed by atoms with Gasteiger partial charge in [0.2, 0.25) is 5.91 Å². The first-order valence-electron chi connectivity index (χ1n) is 10.8. The quantitative estimate of drug-likeness (QED) is 0.477. The highest BCUT2D eigenvalue weighted by molar-refractivity contribution is 5.87. The van der Waals surface area contributed by atoms with E-state index in [1.54, 1.807) is 0 Å². The lowest BCUT2D eigenvalue weighted by atomic mass is 9.90. The fourth-order valence-electron chi connectivity index (χ4n) is 4.01. The van der Waals surface area contributed by atoms with Gasteiger partial charge in [0.05, 0.1) is 5.56 Å². The van der Waals surface area contributed by atoms with Crippen LogP contribution in [0.15, 0.2) is 73.6 Å². The third kappa shape index (κ3) is 5.24. The number of benzene rings is 2. The van der Waals surface area contributed by atoms with Crippen LogP contribution in [0.1, 0.15) is 25.7 Å². The fraction of sp³-hybridized carbons (Fsp3) is 0.240. The number of hydrogen-bond donors (Lipinski definition) is 3. The summed E-state index contributed by atoms with van der Waals surface area (Å²) < 4.78 is 5.88. The minimum absolute atomic E-state index is 0.115. The monoisotopic (exact) mass is 429 g/mol. The lowest BCUT2D eigenvalue weighted by molar-refractivity contribution is -0.117. The van der Waals surface area contributed by atoms with Crippen LogP contribution in [0, 0.1) is 0 Å². The molecule has 3 aromatic rings. The maximum atomic E-state index is 11.7. The predicted molar refractivity (Wildman–Crippen MR) is 126 cm³/mol. The molecule has 164 valence electrons. The lowest BCUT2D eigenvalue weighted by Gasteiger charge is -2.31. The molecule has 0 aliphatic heterocycles. The summed E-state index contributed by atoms with van der Waals surface area (Å²) in [4.78, 5) is 20.3. The molecular formula is C25H27N5O2. The standard InChI is InChI=1S/C25H27N5O2/c1-2-22(31)29-18-7-6-8-19(15-18)30-25-23(24(26)27-16-28-25)17-11-13-21(14-12-17)32-20-9-4-3-5-10-20/h2-5,9-14,16,18-19H,1,6-8,15H2,(H,29,31)(H3,26,27,28,30). The smallest absolute Gasteiger partial charge is 0.243 e. The van der Waals surface area contributed by atoms with Crippen LogP contribution in [0.5, 0.6) is 11.5 Å². The summed E-state index contributed by atoms with van der Waals surface area (Å²) in [6, 6.07) is 17.6. The van der Waals surface area contributed by atoms with Crippen molar-refractivity contribution in [2.24, 2.45) is 0 Å². The Bertz CT molecular complexity index is 1070. The van der Waals surface area contributed by atoms with E-state index in [2.05, 4.69) is 27.2 Å². The van der Waals surface area contributed by atoms with Crippen LogP contribution in [0.2, 0.25) is 0 Å². The van der Waals surface area contributed by atoms with Crippen LogP contribution in [-0.4, -0.2) is 28.0 Å². The number of amides is 1. The van der Waals surface area contributed by atoms with Crippen LogP contribution >= 0.6 is 0 Å². The van der Waals surface area contributed by atoms with Gasteiger partial charge in [0.1, 0.15) is 29.5 Å². The number of nitrogens with two attached hydrogens (primary N) is 1. The highest BCUT2D eigenvalue weighted by Crippen LogP contribution is 2.34. The maximum absolute atomic E-state index is 11.7. The molecule has 2 atom stereocenters. The van der Waals surface area contributed by atoms with Gasteiger partial charge in [0, 0.05) is 12.1 Å². The van der Waals surface area contributed by atoms with E-state index in [4.69, 9.17) is 10.5 Å². The third-order valence-corrected chi connectivity index (χ3v) is 5.55. The van der Waals surface area contributed by atoms with Crippen molar-refractivity contribution >= 4 is 17.5 Å². The summed E-state index contributed by atoms with van der Waals surface area (Å²) in [5.41, 5.74) is 7.90. The van der Waals surface area contributed by atoms with Crippen molar-refractivity contribution in [3.8, 4) is 22.6 Å². The maximum Gasteiger partial charge on any atom is 0.243 e. The molecule has 7 nitrogen and oxygen atoms in total. The Hall–Kier alpha value is -3.87. The Balaban J connectivity index is 1.50. The number of hydrogen-bond acceptors (Lipinski definition) is 6. The first kappa shape index (κ1) is 21.4. The van der Waals surface area contributed by atoms with Crippen molar-refractivity contribution in [3.63, 3.8) is 0 Å². The summed E-state index contributed by atoms with van der Waals surface area (Å²) in [7, 11) is 0. The van der Waals surface area contributed by atoms with Crippen molar-refractivity contribution in [1.29, 1.82) is 0 Å². The molecule has 2 aromatic carbocycles. The van der Waals surface area contributed by atoms with Crippen LogP contribution in [0.25, 0.3) is 11.1 Å². The molecule has 1 aliphatic carbocycles. The van der Waals surface area contributed by atoms with Gasteiger partial charge in [-0.15, -0.1) is 0 Å². The van der Waals surface area contributed by atoms with E-state index < -0.39 is 0 Å². The van der Waals surface area contributed by atoms with Gasteiger partial charge in [-0.3, -0.25) is 4.79 Å². The van der Waals surface area contributed by atoms with E-state index in [0.29, 0.717) is 11.6 Å². The summed E-state index contributed by atoms with van der Waals surface area (Å²) in [6.45, 7) is 3.53. The average Bonchev–Trinajstić information content (AvgIpc) is 2.81. The largest absolute Gasteiger partial charge is 0.457 e. The van der Waals surface area contributed by atoms with Gasteiger partial charge in [-0.05, 0) is 61.6 Å². The molecule has 0 radical (unpaired) electrons. The Labute approximate surface area is 187 Å². The molecule has 0 spiro atoms. The molecule has 1 amide bonds. The van der Waals surface area contributed by atoms with Crippen molar-refractivity contribution < 1.29 is 9.53 Å². The van der Waals surface area contributed by atoms with Gasteiger partial charge in [-0.1, -0.05) is 36.9 Å². The topological polar surface area (TPSA) is 102 Å². The van der Waals surface area contributed by atoms with Crippen LogP contribution < -0.4 is 21.1 Å². The number of nitrogens with one attached hydrogen (secondary N) is 2. The molecule has 7 heteroatoms. The zero-order chi connectivity index (χ0) is 22.3. The van der Waals surface area contributed by atoms with Gasteiger partial charge in [0.25, 0.3) is 0 Å². The molecule has 1 saturated carbocycles. The summed E-state index contributed by atoms with van der Waals surface area (Å²) in [5, 5.41) is 6.52. The van der Waals surface area contributed by atoms with E-state index in [1.165, 1.54) is 12.4 Å². The van der Waals surface area contributed by atoms with Crippen molar-refractivity contribution in [1.82, 2.24) is 15.3 Å². The Morgan fingerprint density at radius 1 is 1.03 bits per heavy atom. The lowest BCUT2D eigenvalue weighted by Crippen LogP contribution is -2.41. The number of para-hydroxylation sites is 1. The van der Waals surface area contributed by atoms with E-state index in [9.17, 15) is 4.79 Å². The van der Waals surface area contributed by atoms with Crippen molar-refractivity contribution in [2.45, 2.75) is 37.8 Å². The van der Waals surface area contributed by atoms with Gasteiger partial charge < -0.3 is 21.1 Å². The number of nitrogen functional groups attached to an aromatic ring is 1. The van der Waals surface area contributed by atoms with Gasteiger partial charge in [-0.2, -0.15) is 0 Å². The molecule has 1 heterocycles. The van der Waals surface area contributed by atoms with Gasteiger partial charge in [0.15, 0.2) is 0 Å². The third-order valence-electron chi connectivity index (χ3n) is 5.55. The molecule has 2 unspecified atom stereocenters. The van der Waals surface area contributed by atoms with Crippen molar-refractivity contribution in [3.05, 3.63) is 73.6 Å². The molecule has 0 bridgehead atoms. The molecule has 1 aromatic heterocycles. The highest BCUT2D eigenvalue weighted by Gasteiger charge is 2.24. The number of carbonyl (C=O) groups is 1. The summed E-state index contributed by atoms with van der Waals surface area (Å²) in [5.74, 6) is 2.47. The van der Waals surface area contributed by atoms with E-state index in [1.807, 2.05) is 54.6 Å². The first-order valence-corrected chi connectivity index (χ1v) is 10.8. The second-order valence-corrected chi connectivity index (χ2v) is 7.84. The average molecular weight is 430 g/mol. The van der Waals surface area contributed by atoms with E-state index in [0.717, 1.165) is 48.3 Å². The minimum Gasteiger partial charge on any atom is -0.457 e.